The zero-order valence-electron chi connectivity index (χ0n) is 24.1. The van der Waals surface area contributed by atoms with Gasteiger partial charge in [-0.2, -0.15) is 18.2 Å². The Kier molecular flexibility index (Phi) is 8.19. The molecule has 0 radical (unpaired) electrons. The predicted molar refractivity (Wildman–Crippen MR) is 160 cm³/mol. The van der Waals surface area contributed by atoms with Crippen molar-refractivity contribution in [3.63, 3.8) is 0 Å². The smallest absolute Gasteiger partial charge is 0.418 e. The molecule has 224 valence electrons. The third-order valence-corrected chi connectivity index (χ3v) is 8.20. The standard InChI is InChI=1S/C29H34F3N7O2S/c1-28(2,40)22-7-6-8-23(34-22)35-25-24-19(29(30,31)32)16-42-26(24)37-27(36-25)33-17-9-10-20(21(15-17)41-5)39-13-11-18(12-14-39)38(3)4/h6-10,15-16,18,40H,11-14H2,1-5H3,(H2,33,34,35,36,37). The van der Waals surface area contributed by atoms with Crippen LogP contribution in [0.2, 0.25) is 0 Å². The first kappa shape index (κ1) is 29.8. The normalized spacial score (nSPS) is 15.0. The lowest BCUT2D eigenvalue weighted by atomic mass is 10.0. The van der Waals surface area contributed by atoms with Gasteiger partial charge >= 0.3 is 6.18 Å². The highest BCUT2D eigenvalue weighted by atomic mass is 32.1. The Bertz CT molecular complexity index is 1560. The van der Waals surface area contributed by atoms with Crippen molar-refractivity contribution in [3.8, 4) is 5.75 Å². The molecule has 1 fully saturated rings. The van der Waals surface area contributed by atoms with Gasteiger partial charge in [0.05, 0.1) is 29.4 Å². The second-order valence-corrected chi connectivity index (χ2v) is 11.9. The van der Waals surface area contributed by atoms with Gasteiger partial charge in [-0.3, -0.25) is 0 Å². The minimum atomic E-state index is -4.60. The predicted octanol–water partition coefficient (Wildman–Crippen LogP) is 6.36. The monoisotopic (exact) mass is 601 g/mol. The van der Waals surface area contributed by atoms with E-state index in [1.54, 1.807) is 39.2 Å². The molecular formula is C29H34F3N7O2S. The van der Waals surface area contributed by atoms with E-state index in [0.29, 0.717) is 23.2 Å². The summed E-state index contributed by atoms with van der Waals surface area (Å²) in [5.41, 5.74) is -0.114. The number of anilines is 5. The highest BCUT2D eigenvalue weighted by Crippen LogP contribution is 2.42. The van der Waals surface area contributed by atoms with Crippen LogP contribution >= 0.6 is 11.3 Å². The molecule has 0 amide bonds. The van der Waals surface area contributed by atoms with Crippen LogP contribution in [0.4, 0.5) is 42.1 Å². The maximum atomic E-state index is 13.9. The average molecular weight is 602 g/mol. The summed E-state index contributed by atoms with van der Waals surface area (Å²) in [4.78, 5) is 17.9. The molecule has 1 aliphatic rings. The summed E-state index contributed by atoms with van der Waals surface area (Å²) in [6.07, 6.45) is -2.50. The molecule has 9 nitrogen and oxygen atoms in total. The summed E-state index contributed by atoms with van der Waals surface area (Å²) in [7, 11) is 5.81. The molecule has 1 aliphatic heterocycles. The fraction of sp³-hybridized carbons (Fsp3) is 0.414. The Morgan fingerprint density at radius 3 is 2.43 bits per heavy atom. The van der Waals surface area contributed by atoms with Crippen molar-refractivity contribution in [2.24, 2.45) is 0 Å². The molecule has 0 saturated carbocycles. The molecular weight excluding hydrogens is 567 g/mol. The van der Waals surface area contributed by atoms with Gasteiger partial charge in [0.2, 0.25) is 5.95 Å². The number of aromatic nitrogens is 3. The molecule has 1 saturated heterocycles. The van der Waals surface area contributed by atoms with E-state index in [1.807, 2.05) is 18.2 Å². The Labute approximate surface area is 246 Å². The Morgan fingerprint density at radius 1 is 1.05 bits per heavy atom. The minimum absolute atomic E-state index is 0.0520. The van der Waals surface area contributed by atoms with Crippen molar-refractivity contribution in [2.75, 3.05) is 49.8 Å². The van der Waals surface area contributed by atoms with Crippen molar-refractivity contribution in [1.82, 2.24) is 19.9 Å². The lowest BCUT2D eigenvalue weighted by Gasteiger charge is -2.37. The van der Waals surface area contributed by atoms with Gasteiger partial charge in [0.15, 0.2) is 0 Å². The number of ether oxygens (including phenoxy) is 1. The van der Waals surface area contributed by atoms with Crippen LogP contribution in [0.5, 0.6) is 5.75 Å². The lowest BCUT2D eigenvalue weighted by Crippen LogP contribution is -2.42. The average Bonchev–Trinajstić information content (AvgIpc) is 3.38. The first-order valence-corrected chi connectivity index (χ1v) is 14.4. The fourth-order valence-corrected chi connectivity index (χ4v) is 5.98. The topological polar surface area (TPSA) is 98.7 Å². The molecule has 0 unspecified atom stereocenters. The van der Waals surface area contributed by atoms with E-state index >= 15 is 0 Å². The zero-order valence-corrected chi connectivity index (χ0v) is 24.9. The lowest BCUT2D eigenvalue weighted by molar-refractivity contribution is -0.136. The number of rotatable bonds is 8. The van der Waals surface area contributed by atoms with Crippen LogP contribution in [0.1, 0.15) is 37.9 Å². The quantitative estimate of drug-likeness (QED) is 0.213. The second kappa shape index (κ2) is 11.5. The first-order chi connectivity index (χ1) is 19.8. The number of nitrogens with zero attached hydrogens (tertiary/aromatic N) is 5. The summed E-state index contributed by atoms with van der Waals surface area (Å²) in [6.45, 7) is 4.97. The zero-order chi connectivity index (χ0) is 30.2. The van der Waals surface area contributed by atoms with Gasteiger partial charge in [0.1, 0.15) is 27.8 Å². The fourth-order valence-electron chi connectivity index (χ4n) is 5.03. The summed E-state index contributed by atoms with van der Waals surface area (Å²) in [5, 5.41) is 17.3. The van der Waals surface area contributed by atoms with E-state index in [1.165, 1.54) is 0 Å². The van der Waals surface area contributed by atoms with Gasteiger partial charge in [0, 0.05) is 36.3 Å². The Morgan fingerprint density at radius 2 is 1.79 bits per heavy atom. The second-order valence-electron chi connectivity index (χ2n) is 11.0. The van der Waals surface area contributed by atoms with E-state index in [4.69, 9.17) is 4.74 Å². The Hall–Kier alpha value is -3.68. The van der Waals surface area contributed by atoms with Gasteiger partial charge in [-0.05, 0) is 65.0 Å². The first-order valence-electron chi connectivity index (χ1n) is 13.5. The molecule has 3 N–H and O–H groups in total. The number of benzene rings is 1. The largest absolute Gasteiger partial charge is 0.495 e. The number of aliphatic hydroxyl groups is 1. The molecule has 1 aromatic carbocycles. The number of alkyl halides is 3. The van der Waals surface area contributed by atoms with Gasteiger partial charge < -0.3 is 30.3 Å². The van der Waals surface area contributed by atoms with Crippen LogP contribution in [0.15, 0.2) is 41.8 Å². The maximum absolute atomic E-state index is 13.9. The minimum Gasteiger partial charge on any atom is -0.495 e. The van der Waals surface area contributed by atoms with Crippen molar-refractivity contribution >= 4 is 50.5 Å². The van der Waals surface area contributed by atoms with Crippen molar-refractivity contribution in [3.05, 3.63) is 53.0 Å². The summed E-state index contributed by atoms with van der Waals surface area (Å²) < 4.78 is 47.4. The molecule has 5 rings (SSSR count). The van der Waals surface area contributed by atoms with E-state index in [0.717, 1.165) is 48.3 Å². The molecule has 0 spiro atoms. The van der Waals surface area contributed by atoms with Crippen LogP contribution < -0.4 is 20.3 Å². The van der Waals surface area contributed by atoms with E-state index in [-0.39, 0.29) is 27.8 Å². The SMILES string of the molecule is COc1cc(Nc2nc(Nc3cccc(C(C)(C)O)n3)c3c(C(F)(F)F)csc3n2)ccc1N1CCC(N(C)C)CC1. The Balaban J connectivity index is 1.47. The third kappa shape index (κ3) is 6.37. The summed E-state index contributed by atoms with van der Waals surface area (Å²) >= 11 is 0.882. The van der Waals surface area contributed by atoms with Crippen LogP contribution in [0, 0.1) is 0 Å². The number of methoxy groups -OCH3 is 1. The molecule has 0 aliphatic carbocycles. The van der Waals surface area contributed by atoms with Crippen molar-refractivity contribution in [1.29, 1.82) is 0 Å². The molecule has 4 heterocycles. The number of pyridine rings is 1. The number of piperidine rings is 1. The molecule has 42 heavy (non-hydrogen) atoms. The molecule has 4 aromatic rings. The summed E-state index contributed by atoms with van der Waals surface area (Å²) in [5.74, 6) is 0.972. The van der Waals surface area contributed by atoms with Crippen molar-refractivity contribution in [2.45, 2.75) is 44.5 Å². The number of hydrogen-bond acceptors (Lipinski definition) is 10. The van der Waals surface area contributed by atoms with Crippen LogP contribution in [0.25, 0.3) is 10.2 Å². The van der Waals surface area contributed by atoms with Gasteiger partial charge in [-0.1, -0.05) is 6.07 Å². The van der Waals surface area contributed by atoms with E-state index < -0.39 is 17.3 Å². The van der Waals surface area contributed by atoms with Crippen LogP contribution in [-0.2, 0) is 11.8 Å². The number of hydrogen-bond donors (Lipinski definition) is 3. The van der Waals surface area contributed by atoms with Gasteiger partial charge in [0.25, 0.3) is 0 Å². The molecule has 0 atom stereocenters. The van der Waals surface area contributed by atoms with Gasteiger partial charge in [-0.25, -0.2) is 9.97 Å². The molecule has 0 bridgehead atoms. The number of halogens is 3. The number of fused-ring (bicyclic) bond motifs is 1. The van der Waals surface area contributed by atoms with Gasteiger partial charge in [-0.15, -0.1) is 11.3 Å². The maximum Gasteiger partial charge on any atom is 0.418 e. The van der Waals surface area contributed by atoms with E-state index in [9.17, 15) is 18.3 Å². The van der Waals surface area contributed by atoms with Crippen molar-refractivity contribution < 1.29 is 23.0 Å². The van der Waals surface area contributed by atoms with Crippen LogP contribution in [-0.4, -0.2) is 65.3 Å². The number of thiophene rings is 1. The highest BCUT2D eigenvalue weighted by molar-refractivity contribution is 7.17. The highest BCUT2D eigenvalue weighted by Gasteiger charge is 2.36. The molecule has 13 heteroatoms. The number of nitrogens with one attached hydrogen (secondary N) is 2. The van der Waals surface area contributed by atoms with E-state index in [2.05, 4.69) is 49.5 Å². The summed E-state index contributed by atoms with van der Waals surface area (Å²) in [6, 6.07) is 11.1. The molecule has 3 aromatic heterocycles. The van der Waals surface area contributed by atoms with Crippen LogP contribution in [0.3, 0.4) is 0 Å². The third-order valence-electron chi connectivity index (χ3n) is 7.33.